The van der Waals surface area contributed by atoms with Crippen LogP contribution in [0.3, 0.4) is 0 Å². The third-order valence-electron chi connectivity index (χ3n) is 5.35. The minimum absolute atomic E-state index is 0.133. The molecular formula is C23H26Cl2N4O3. The number of piperidine rings is 1. The van der Waals surface area contributed by atoms with Gasteiger partial charge < -0.3 is 20.7 Å². The smallest absolute Gasteiger partial charge is 0.269 e. The van der Waals surface area contributed by atoms with Crippen molar-refractivity contribution in [2.24, 2.45) is 5.73 Å². The highest BCUT2D eigenvalue weighted by Crippen LogP contribution is 2.28. The molecule has 0 radical (unpaired) electrons. The number of likely N-dealkylation sites (tertiary alicyclic amines) is 1. The Balaban J connectivity index is 1.37. The number of amides is 2. The third kappa shape index (κ3) is 6.45. The summed E-state index contributed by atoms with van der Waals surface area (Å²) in [4.78, 5) is 26.1. The van der Waals surface area contributed by atoms with Crippen LogP contribution in [0.5, 0.6) is 5.75 Å². The van der Waals surface area contributed by atoms with E-state index in [0.717, 1.165) is 44.6 Å². The Labute approximate surface area is 197 Å². The van der Waals surface area contributed by atoms with Crippen molar-refractivity contribution in [1.29, 1.82) is 5.41 Å². The Morgan fingerprint density at radius 1 is 1.09 bits per heavy atom. The molecular weight excluding hydrogens is 451 g/mol. The molecule has 32 heavy (non-hydrogen) atoms. The zero-order valence-corrected chi connectivity index (χ0v) is 19.1. The Morgan fingerprint density at radius 3 is 2.44 bits per heavy atom. The molecule has 1 heterocycles. The van der Waals surface area contributed by atoms with Gasteiger partial charge in [-0.05, 0) is 44.0 Å². The lowest BCUT2D eigenvalue weighted by Crippen LogP contribution is -2.40. The maximum atomic E-state index is 12.3. The summed E-state index contributed by atoms with van der Waals surface area (Å²) in [5.74, 6) is -0.460. The third-order valence-corrected chi connectivity index (χ3v) is 6.09. The largest absolute Gasteiger partial charge is 0.490 e. The van der Waals surface area contributed by atoms with Crippen LogP contribution in [0, 0.1) is 5.41 Å². The predicted molar refractivity (Wildman–Crippen MR) is 126 cm³/mol. The van der Waals surface area contributed by atoms with Crippen molar-refractivity contribution in [3.05, 3.63) is 63.6 Å². The molecule has 3 rings (SSSR count). The van der Waals surface area contributed by atoms with Gasteiger partial charge in [0, 0.05) is 36.8 Å². The highest BCUT2D eigenvalue weighted by Gasteiger charge is 2.21. The summed E-state index contributed by atoms with van der Waals surface area (Å²) in [6.45, 7) is 3.09. The minimum atomic E-state index is -0.662. The first kappa shape index (κ1) is 24.0. The van der Waals surface area contributed by atoms with Gasteiger partial charge in [0.1, 0.15) is 17.6 Å². The van der Waals surface area contributed by atoms with Crippen LogP contribution in [-0.2, 0) is 4.79 Å². The second-order valence-corrected chi connectivity index (χ2v) is 8.44. The molecule has 0 aliphatic carbocycles. The fraction of sp³-hybridized carbons (Fsp3) is 0.348. The lowest BCUT2D eigenvalue weighted by molar-refractivity contribution is -0.114. The molecule has 0 unspecified atom stereocenters. The van der Waals surface area contributed by atoms with E-state index in [1.165, 1.54) is 6.07 Å². The summed E-state index contributed by atoms with van der Waals surface area (Å²) in [6.07, 6.45) is 2.70. The first-order valence-electron chi connectivity index (χ1n) is 10.4. The number of halogens is 2. The Kier molecular flexibility index (Phi) is 8.50. The van der Waals surface area contributed by atoms with Crippen LogP contribution in [0.15, 0.2) is 42.5 Å². The van der Waals surface area contributed by atoms with Crippen molar-refractivity contribution in [3.63, 3.8) is 0 Å². The second kappa shape index (κ2) is 11.3. The number of ether oxygens (including phenoxy) is 1. The number of primary amides is 1. The molecule has 2 aromatic carbocycles. The molecule has 2 amide bonds. The van der Waals surface area contributed by atoms with Crippen molar-refractivity contribution in [1.82, 2.24) is 10.2 Å². The average Bonchev–Trinajstić information content (AvgIpc) is 2.79. The molecule has 0 spiro atoms. The lowest BCUT2D eigenvalue weighted by atomic mass is 10.0. The van der Waals surface area contributed by atoms with Crippen LogP contribution in [-0.4, -0.2) is 54.7 Å². The van der Waals surface area contributed by atoms with E-state index in [1.807, 2.05) is 6.07 Å². The van der Waals surface area contributed by atoms with E-state index >= 15 is 0 Å². The zero-order valence-electron chi connectivity index (χ0n) is 17.6. The van der Waals surface area contributed by atoms with Crippen molar-refractivity contribution in [2.75, 3.05) is 26.2 Å². The van der Waals surface area contributed by atoms with Crippen LogP contribution < -0.4 is 15.8 Å². The quantitative estimate of drug-likeness (QED) is 0.379. The molecule has 0 bridgehead atoms. The SMILES string of the molecule is N=C(C(=O)NCCCN1CCC(Oc2ccc(Cl)c(Cl)c2)CC1)c1ccccc1C(N)=O. The predicted octanol–water partition coefficient (Wildman–Crippen LogP) is 3.51. The molecule has 9 heteroatoms. The van der Waals surface area contributed by atoms with Gasteiger partial charge >= 0.3 is 0 Å². The highest BCUT2D eigenvalue weighted by atomic mass is 35.5. The van der Waals surface area contributed by atoms with Crippen LogP contribution in [0.2, 0.25) is 10.0 Å². The van der Waals surface area contributed by atoms with Crippen LogP contribution in [0.4, 0.5) is 0 Å². The number of rotatable bonds is 9. The molecule has 1 aliphatic rings. The average molecular weight is 477 g/mol. The van der Waals surface area contributed by atoms with Crippen molar-refractivity contribution < 1.29 is 14.3 Å². The van der Waals surface area contributed by atoms with Crippen molar-refractivity contribution >= 4 is 40.7 Å². The molecule has 1 aliphatic heterocycles. The van der Waals surface area contributed by atoms with Crippen LogP contribution in [0.25, 0.3) is 0 Å². The first-order chi connectivity index (χ1) is 15.3. The van der Waals surface area contributed by atoms with Gasteiger partial charge in [-0.1, -0.05) is 41.4 Å². The molecule has 2 aromatic rings. The summed E-state index contributed by atoms with van der Waals surface area (Å²) in [6, 6.07) is 11.7. The summed E-state index contributed by atoms with van der Waals surface area (Å²) in [7, 11) is 0. The second-order valence-electron chi connectivity index (χ2n) is 7.63. The van der Waals surface area contributed by atoms with Gasteiger partial charge in [-0.3, -0.25) is 15.0 Å². The summed E-state index contributed by atoms with van der Waals surface area (Å²) in [5.41, 5.74) is 5.47. The molecule has 0 saturated carbocycles. The highest BCUT2D eigenvalue weighted by molar-refractivity contribution is 6.45. The van der Waals surface area contributed by atoms with Gasteiger partial charge in [-0.2, -0.15) is 0 Å². The van der Waals surface area contributed by atoms with Crippen LogP contribution in [0.1, 0.15) is 35.2 Å². The van der Waals surface area contributed by atoms with Gasteiger partial charge in [0.05, 0.1) is 10.0 Å². The van der Waals surface area contributed by atoms with Gasteiger partial charge in [-0.15, -0.1) is 0 Å². The fourth-order valence-corrected chi connectivity index (χ4v) is 3.91. The van der Waals surface area contributed by atoms with E-state index in [0.29, 0.717) is 16.6 Å². The summed E-state index contributed by atoms with van der Waals surface area (Å²) >= 11 is 12.0. The molecule has 4 N–H and O–H groups in total. The van der Waals surface area contributed by atoms with E-state index < -0.39 is 11.8 Å². The molecule has 0 aromatic heterocycles. The minimum Gasteiger partial charge on any atom is -0.490 e. The monoisotopic (exact) mass is 476 g/mol. The number of hydrogen-bond acceptors (Lipinski definition) is 5. The summed E-state index contributed by atoms with van der Waals surface area (Å²) in [5, 5.41) is 11.8. The molecule has 1 saturated heterocycles. The summed E-state index contributed by atoms with van der Waals surface area (Å²) < 4.78 is 6.01. The van der Waals surface area contributed by atoms with Gasteiger partial charge in [0.25, 0.3) is 5.91 Å². The Hall–Kier alpha value is -2.61. The fourth-order valence-electron chi connectivity index (χ4n) is 3.62. The van der Waals surface area contributed by atoms with E-state index in [-0.39, 0.29) is 22.9 Å². The standard InChI is InChI=1S/C23H26Cl2N4O3/c24-19-7-6-16(14-20(19)25)32-15-8-12-29(13-9-15)11-3-10-28-23(31)21(26)17-4-1-2-5-18(17)22(27)30/h1-2,4-7,14-15,26H,3,8-13H2,(H2,27,30)(H,28,31). The van der Waals surface area contributed by atoms with E-state index in [4.69, 9.17) is 39.1 Å². The first-order valence-corrected chi connectivity index (χ1v) is 11.2. The number of benzene rings is 2. The number of carbonyl (C=O) groups excluding carboxylic acids is 2. The van der Waals surface area contributed by atoms with E-state index in [9.17, 15) is 9.59 Å². The number of carbonyl (C=O) groups is 2. The molecule has 170 valence electrons. The van der Waals surface area contributed by atoms with Gasteiger partial charge in [0.15, 0.2) is 0 Å². The van der Waals surface area contributed by atoms with Gasteiger partial charge in [0.2, 0.25) is 5.91 Å². The zero-order chi connectivity index (χ0) is 23.1. The molecule has 0 atom stereocenters. The number of nitrogens with two attached hydrogens (primary N) is 1. The molecule has 1 fully saturated rings. The topological polar surface area (TPSA) is 109 Å². The Bertz CT molecular complexity index is 991. The normalized spacial score (nSPS) is 14.7. The van der Waals surface area contributed by atoms with Crippen LogP contribution >= 0.6 is 23.2 Å². The van der Waals surface area contributed by atoms with E-state index in [2.05, 4.69) is 10.2 Å². The Morgan fingerprint density at radius 2 is 1.78 bits per heavy atom. The number of nitrogens with one attached hydrogen (secondary N) is 2. The van der Waals surface area contributed by atoms with Crippen molar-refractivity contribution in [2.45, 2.75) is 25.4 Å². The molecule has 7 nitrogen and oxygen atoms in total. The maximum Gasteiger partial charge on any atom is 0.269 e. The maximum absolute atomic E-state index is 12.3. The number of hydrogen-bond donors (Lipinski definition) is 3. The number of nitrogens with zero attached hydrogens (tertiary/aromatic N) is 1. The lowest BCUT2D eigenvalue weighted by Gasteiger charge is -2.32. The van der Waals surface area contributed by atoms with Gasteiger partial charge in [-0.25, -0.2) is 0 Å². The van der Waals surface area contributed by atoms with E-state index in [1.54, 1.807) is 30.3 Å². The van der Waals surface area contributed by atoms with Crippen molar-refractivity contribution in [3.8, 4) is 5.75 Å².